The highest BCUT2D eigenvalue weighted by Crippen LogP contribution is 2.28. The maximum Gasteiger partial charge on any atom is 0.125 e. The molecule has 0 aromatic heterocycles. The van der Waals surface area contributed by atoms with Crippen LogP contribution in [-0.4, -0.2) is 37.7 Å². The number of para-hydroxylation sites is 1. The van der Waals surface area contributed by atoms with Gasteiger partial charge < -0.3 is 10.5 Å². The largest absolute Gasteiger partial charge is 0.492 e. The number of nitrogens with zero attached hydrogens (tertiary/aromatic N) is 1. The van der Waals surface area contributed by atoms with Gasteiger partial charge in [0.1, 0.15) is 12.4 Å². The van der Waals surface area contributed by atoms with E-state index in [9.17, 15) is 0 Å². The summed E-state index contributed by atoms with van der Waals surface area (Å²) >= 11 is 0. The molecule has 106 valence electrons. The van der Waals surface area contributed by atoms with Gasteiger partial charge in [0.05, 0.1) is 0 Å². The molecule has 2 rings (SSSR count). The lowest BCUT2D eigenvalue weighted by Crippen LogP contribution is -2.33. The van der Waals surface area contributed by atoms with Gasteiger partial charge in [-0.05, 0) is 49.9 Å². The summed E-state index contributed by atoms with van der Waals surface area (Å²) in [6.07, 6.45) is 1.20. The predicted molar refractivity (Wildman–Crippen MR) is 79.6 cm³/mol. The fourth-order valence-electron chi connectivity index (χ4n) is 2.79. The zero-order valence-electron chi connectivity index (χ0n) is 12.4. The molecule has 1 heterocycles. The van der Waals surface area contributed by atoms with Crippen LogP contribution in [0, 0.1) is 19.3 Å². The van der Waals surface area contributed by atoms with Crippen molar-refractivity contribution in [1.29, 1.82) is 0 Å². The first-order chi connectivity index (χ1) is 9.04. The minimum atomic E-state index is 0.304. The number of ether oxygens (including phenoxy) is 1. The van der Waals surface area contributed by atoms with Crippen molar-refractivity contribution >= 4 is 0 Å². The van der Waals surface area contributed by atoms with E-state index in [-0.39, 0.29) is 0 Å². The van der Waals surface area contributed by atoms with E-state index < -0.39 is 0 Å². The van der Waals surface area contributed by atoms with E-state index in [4.69, 9.17) is 10.5 Å². The fraction of sp³-hybridized carbons (Fsp3) is 0.625. The van der Waals surface area contributed by atoms with Crippen molar-refractivity contribution in [3.05, 3.63) is 29.3 Å². The SMILES string of the molecule is Cc1cccc(C)c1OCCN1CCC(C)(CN)C1. The van der Waals surface area contributed by atoms with Crippen molar-refractivity contribution < 1.29 is 4.74 Å². The molecular formula is C16H26N2O. The molecule has 3 heteroatoms. The summed E-state index contributed by atoms with van der Waals surface area (Å²) < 4.78 is 5.96. The summed E-state index contributed by atoms with van der Waals surface area (Å²) in [5, 5.41) is 0. The van der Waals surface area contributed by atoms with Crippen molar-refractivity contribution in [3.63, 3.8) is 0 Å². The zero-order chi connectivity index (χ0) is 13.9. The third-order valence-electron chi connectivity index (χ3n) is 4.19. The first-order valence-electron chi connectivity index (χ1n) is 7.15. The molecule has 3 nitrogen and oxygen atoms in total. The van der Waals surface area contributed by atoms with Crippen LogP contribution in [0.25, 0.3) is 0 Å². The number of likely N-dealkylation sites (tertiary alicyclic amines) is 1. The Morgan fingerprint density at radius 2 is 2.00 bits per heavy atom. The van der Waals surface area contributed by atoms with Gasteiger partial charge in [0.2, 0.25) is 0 Å². The van der Waals surface area contributed by atoms with Gasteiger partial charge in [0.15, 0.2) is 0 Å². The Kier molecular flexibility index (Phi) is 4.48. The van der Waals surface area contributed by atoms with Crippen LogP contribution in [0.2, 0.25) is 0 Å². The number of aryl methyl sites for hydroxylation is 2. The molecule has 1 aliphatic rings. The summed E-state index contributed by atoms with van der Waals surface area (Å²) in [4.78, 5) is 2.46. The van der Waals surface area contributed by atoms with E-state index in [0.29, 0.717) is 5.41 Å². The molecule has 1 aromatic rings. The predicted octanol–water partition coefficient (Wildman–Crippen LogP) is 2.35. The van der Waals surface area contributed by atoms with Crippen molar-refractivity contribution in [3.8, 4) is 5.75 Å². The average molecular weight is 262 g/mol. The Balaban J connectivity index is 1.82. The van der Waals surface area contributed by atoms with Crippen molar-refractivity contribution in [2.75, 3.05) is 32.8 Å². The number of hydrogen-bond acceptors (Lipinski definition) is 3. The first kappa shape index (κ1) is 14.4. The fourth-order valence-corrected chi connectivity index (χ4v) is 2.79. The molecule has 1 unspecified atom stereocenters. The minimum Gasteiger partial charge on any atom is -0.492 e. The molecule has 1 aliphatic heterocycles. The van der Waals surface area contributed by atoms with Crippen LogP contribution < -0.4 is 10.5 Å². The quantitative estimate of drug-likeness (QED) is 0.885. The number of rotatable bonds is 5. The first-order valence-corrected chi connectivity index (χ1v) is 7.15. The molecule has 0 bridgehead atoms. The van der Waals surface area contributed by atoms with E-state index in [1.807, 2.05) is 0 Å². The van der Waals surface area contributed by atoms with Gasteiger partial charge in [-0.1, -0.05) is 25.1 Å². The van der Waals surface area contributed by atoms with Gasteiger partial charge >= 0.3 is 0 Å². The summed E-state index contributed by atoms with van der Waals surface area (Å²) in [7, 11) is 0. The van der Waals surface area contributed by atoms with Gasteiger partial charge in [0.25, 0.3) is 0 Å². The lowest BCUT2D eigenvalue weighted by molar-refractivity contribution is 0.218. The van der Waals surface area contributed by atoms with E-state index in [1.54, 1.807) is 0 Å². The highest BCUT2D eigenvalue weighted by Gasteiger charge is 2.31. The number of nitrogens with two attached hydrogens (primary N) is 1. The van der Waals surface area contributed by atoms with Crippen molar-refractivity contribution in [1.82, 2.24) is 4.90 Å². The molecule has 0 saturated carbocycles. The Bertz CT molecular complexity index is 413. The normalized spacial score (nSPS) is 23.8. The second kappa shape index (κ2) is 5.93. The summed E-state index contributed by atoms with van der Waals surface area (Å²) in [6.45, 7) is 11.2. The molecule has 0 spiro atoms. The van der Waals surface area contributed by atoms with Crippen LogP contribution >= 0.6 is 0 Å². The van der Waals surface area contributed by atoms with E-state index >= 15 is 0 Å². The smallest absolute Gasteiger partial charge is 0.125 e. The molecule has 2 N–H and O–H groups in total. The summed E-state index contributed by atoms with van der Waals surface area (Å²) in [5.41, 5.74) is 8.57. The van der Waals surface area contributed by atoms with Crippen molar-refractivity contribution in [2.45, 2.75) is 27.2 Å². The second-order valence-electron chi connectivity index (χ2n) is 6.11. The van der Waals surface area contributed by atoms with Gasteiger partial charge in [0, 0.05) is 13.1 Å². The number of benzene rings is 1. The maximum absolute atomic E-state index is 5.96. The average Bonchev–Trinajstić information content (AvgIpc) is 2.76. The van der Waals surface area contributed by atoms with E-state index in [1.165, 1.54) is 17.5 Å². The molecule has 1 atom stereocenters. The topological polar surface area (TPSA) is 38.5 Å². The number of hydrogen-bond donors (Lipinski definition) is 1. The third-order valence-corrected chi connectivity index (χ3v) is 4.19. The Labute approximate surface area is 116 Å². The van der Waals surface area contributed by atoms with Crippen LogP contribution in [0.4, 0.5) is 0 Å². The van der Waals surface area contributed by atoms with Gasteiger partial charge in [-0.3, -0.25) is 4.90 Å². The molecule has 0 aliphatic carbocycles. The second-order valence-corrected chi connectivity index (χ2v) is 6.11. The molecule has 0 radical (unpaired) electrons. The van der Waals surface area contributed by atoms with Crippen molar-refractivity contribution in [2.24, 2.45) is 11.1 Å². The van der Waals surface area contributed by atoms with Crippen LogP contribution in [0.3, 0.4) is 0 Å². The third kappa shape index (κ3) is 3.48. The summed E-state index contributed by atoms with van der Waals surface area (Å²) in [6, 6.07) is 6.28. The highest BCUT2D eigenvalue weighted by molar-refractivity contribution is 5.39. The van der Waals surface area contributed by atoms with E-state index in [0.717, 1.165) is 38.5 Å². The lowest BCUT2D eigenvalue weighted by atomic mass is 9.90. The van der Waals surface area contributed by atoms with Gasteiger partial charge in [-0.15, -0.1) is 0 Å². The van der Waals surface area contributed by atoms with Gasteiger partial charge in [-0.25, -0.2) is 0 Å². The van der Waals surface area contributed by atoms with E-state index in [2.05, 4.69) is 43.9 Å². The standard InChI is InChI=1S/C16H26N2O/c1-13-5-4-6-14(2)15(13)19-10-9-18-8-7-16(3,11-17)12-18/h4-6H,7-12,17H2,1-3H3. The van der Waals surface area contributed by atoms with Crippen LogP contribution in [0.5, 0.6) is 5.75 Å². The Morgan fingerprint density at radius 3 is 2.58 bits per heavy atom. The van der Waals surface area contributed by atoms with Crippen LogP contribution in [0.15, 0.2) is 18.2 Å². The molecule has 1 saturated heterocycles. The Hall–Kier alpha value is -1.06. The molecule has 19 heavy (non-hydrogen) atoms. The lowest BCUT2D eigenvalue weighted by Gasteiger charge is -2.22. The highest BCUT2D eigenvalue weighted by atomic mass is 16.5. The van der Waals surface area contributed by atoms with Crippen LogP contribution in [-0.2, 0) is 0 Å². The summed E-state index contributed by atoms with van der Waals surface area (Å²) in [5.74, 6) is 1.04. The zero-order valence-corrected chi connectivity index (χ0v) is 12.4. The molecule has 1 aromatic carbocycles. The molecule has 0 amide bonds. The minimum absolute atomic E-state index is 0.304. The maximum atomic E-state index is 5.96. The molecule has 1 fully saturated rings. The molecular weight excluding hydrogens is 236 g/mol. The Morgan fingerprint density at radius 1 is 1.32 bits per heavy atom. The van der Waals surface area contributed by atoms with Gasteiger partial charge in [-0.2, -0.15) is 0 Å². The van der Waals surface area contributed by atoms with Crippen LogP contribution in [0.1, 0.15) is 24.5 Å². The monoisotopic (exact) mass is 262 g/mol.